The molecule has 2 rings (SSSR count). The van der Waals surface area contributed by atoms with E-state index in [9.17, 15) is 25.1 Å². The van der Waals surface area contributed by atoms with Gasteiger partial charge in [-0.2, -0.15) is 0 Å². The molecule has 0 heterocycles. The predicted molar refractivity (Wildman–Crippen MR) is 99.4 cm³/mol. The van der Waals surface area contributed by atoms with Crippen molar-refractivity contribution in [3.63, 3.8) is 0 Å². The molecule has 0 aliphatic carbocycles. The normalized spacial score (nSPS) is 10.7. The van der Waals surface area contributed by atoms with Gasteiger partial charge in [0, 0.05) is 29.3 Å². The molecule has 0 unspecified atom stereocenters. The van der Waals surface area contributed by atoms with Crippen molar-refractivity contribution < 1.29 is 19.9 Å². The third-order valence-electron chi connectivity index (χ3n) is 3.71. The van der Waals surface area contributed by atoms with Crippen molar-refractivity contribution in [2.24, 2.45) is 0 Å². The van der Waals surface area contributed by atoms with E-state index in [4.69, 9.17) is 0 Å². The predicted octanol–water partition coefficient (Wildman–Crippen LogP) is 4.41. The number of carbonyl (C=O) groups excluding carboxylic acids is 1. The summed E-state index contributed by atoms with van der Waals surface area (Å²) in [5, 5.41) is 30.7. The molecule has 0 amide bonds. The lowest BCUT2D eigenvalue weighted by molar-refractivity contribution is -0.384. The molecule has 2 N–H and O–H groups in total. The van der Waals surface area contributed by atoms with Crippen molar-refractivity contribution >= 4 is 17.5 Å². The number of non-ortho nitro benzene ring substituents is 1. The van der Waals surface area contributed by atoms with Gasteiger partial charge in [0.1, 0.15) is 11.5 Å². The number of phenols is 2. The molecule has 0 atom stereocenters. The number of carbonyl (C=O) groups is 1. The zero-order valence-electron chi connectivity index (χ0n) is 14.5. The molecule has 134 valence electrons. The number of allylic oxidation sites excluding steroid dienone is 3. The van der Waals surface area contributed by atoms with E-state index < -0.39 is 10.7 Å². The van der Waals surface area contributed by atoms with Gasteiger partial charge >= 0.3 is 0 Å². The van der Waals surface area contributed by atoms with E-state index >= 15 is 0 Å². The summed E-state index contributed by atoms with van der Waals surface area (Å²) in [6, 6.07) is 8.25. The molecule has 0 spiro atoms. The Labute approximate surface area is 150 Å². The Morgan fingerprint density at radius 3 is 2.54 bits per heavy atom. The van der Waals surface area contributed by atoms with Gasteiger partial charge in [-0.3, -0.25) is 14.9 Å². The lowest BCUT2D eigenvalue weighted by Gasteiger charge is -2.06. The zero-order valence-corrected chi connectivity index (χ0v) is 14.5. The minimum Gasteiger partial charge on any atom is -0.508 e. The maximum atomic E-state index is 12.2. The molecule has 26 heavy (non-hydrogen) atoms. The van der Waals surface area contributed by atoms with Gasteiger partial charge in [0.05, 0.1) is 4.92 Å². The lowest BCUT2D eigenvalue weighted by Crippen LogP contribution is -1.96. The van der Waals surface area contributed by atoms with Crippen molar-refractivity contribution in [3.05, 3.63) is 80.9 Å². The minimum atomic E-state index is -0.568. The molecular formula is C20H19NO5. The molecule has 0 aliphatic heterocycles. The molecule has 0 aliphatic rings. The van der Waals surface area contributed by atoms with Gasteiger partial charge in [0.25, 0.3) is 5.69 Å². The Morgan fingerprint density at radius 1 is 1.15 bits per heavy atom. The third-order valence-corrected chi connectivity index (χ3v) is 3.71. The van der Waals surface area contributed by atoms with Gasteiger partial charge in [0.2, 0.25) is 0 Å². The van der Waals surface area contributed by atoms with Crippen LogP contribution in [-0.2, 0) is 6.42 Å². The molecule has 0 aromatic heterocycles. The summed E-state index contributed by atoms with van der Waals surface area (Å²) in [6.45, 7) is 3.88. The van der Waals surface area contributed by atoms with Crippen molar-refractivity contribution in [2.45, 2.75) is 20.3 Å². The third kappa shape index (κ3) is 4.80. The van der Waals surface area contributed by atoms with E-state index in [0.29, 0.717) is 17.5 Å². The highest BCUT2D eigenvalue weighted by molar-refractivity contribution is 6.07. The number of benzene rings is 2. The molecule has 0 saturated carbocycles. The number of nitro groups is 1. The molecule has 0 saturated heterocycles. The Hall–Kier alpha value is -3.41. The van der Waals surface area contributed by atoms with Crippen LogP contribution in [-0.4, -0.2) is 20.9 Å². The highest BCUT2D eigenvalue weighted by atomic mass is 16.6. The highest BCUT2D eigenvalue weighted by Gasteiger charge is 2.10. The summed E-state index contributed by atoms with van der Waals surface area (Å²) in [5.74, 6) is -0.610. The first-order chi connectivity index (χ1) is 12.3. The Bertz CT molecular complexity index is 908. The topological polar surface area (TPSA) is 101 Å². The van der Waals surface area contributed by atoms with Crippen molar-refractivity contribution in [1.82, 2.24) is 0 Å². The van der Waals surface area contributed by atoms with E-state index in [-0.39, 0.29) is 22.7 Å². The fourth-order valence-electron chi connectivity index (χ4n) is 2.29. The van der Waals surface area contributed by atoms with Gasteiger partial charge in [0.15, 0.2) is 5.78 Å². The smallest absolute Gasteiger partial charge is 0.270 e. The molecule has 2 aromatic carbocycles. The van der Waals surface area contributed by atoms with Crippen LogP contribution < -0.4 is 0 Å². The average molecular weight is 353 g/mol. The Balaban J connectivity index is 2.28. The van der Waals surface area contributed by atoms with Crippen LogP contribution in [0.4, 0.5) is 5.69 Å². The fraction of sp³-hybridized carbons (Fsp3) is 0.150. The number of aromatic hydroxyl groups is 2. The summed E-state index contributed by atoms with van der Waals surface area (Å²) in [5.41, 5.74) is 2.10. The number of phenolic OH excluding ortho intramolecular Hbond substituents is 2. The van der Waals surface area contributed by atoms with E-state index in [1.807, 2.05) is 19.9 Å². The van der Waals surface area contributed by atoms with Crippen LogP contribution in [0.5, 0.6) is 11.5 Å². The second kappa shape index (κ2) is 8.11. The van der Waals surface area contributed by atoms with Gasteiger partial charge in [-0.05, 0) is 44.1 Å². The Morgan fingerprint density at radius 2 is 1.88 bits per heavy atom. The monoisotopic (exact) mass is 353 g/mol. The number of ketones is 1. The molecule has 6 nitrogen and oxygen atoms in total. The maximum Gasteiger partial charge on any atom is 0.270 e. The first-order valence-electron chi connectivity index (χ1n) is 7.93. The lowest BCUT2D eigenvalue weighted by atomic mass is 10.0. The molecular weight excluding hydrogens is 334 g/mol. The van der Waals surface area contributed by atoms with Crippen molar-refractivity contribution in [2.75, 3.05) is 0 Å². The van der Waals surface area contributed by atoms with Gasteiger partial charge in [-0.1, -0.05) is 23.8 Å². The summed E-state index contributed by atoms with van der Waals surface area (Å²) in [4.78, 5) is 22.4. The number of hydrogen-bond donors (Lipinski definition) is 2. The van der Waals surface area contributed by atoms with Crippen LogP contribution in [0.2, 0.25) is 0 Å². The fourth-order valence-corrected chi connectivity index (χ4v) is 2.29. The summed E-state index contributed by atoms with van der Waals surface area (Å²) < 4.78 is 0. The number of rotatable bonds is 6. The summed E-state index contributed by atoms with van der Waals surface area (Å²) in [7, 11) is 0. The number of hydrogen-bond acceptors (Lipinski definition) is 5. The first kappa shape index (κ1) is 18.9. The van der Waals surface area contributed by atoms with Crippen molar-refractivity contribution in [3.8, 4) is 11.5 Å². The van der Waals surface area contributed by atoms with E-state index in [2.05, 4.69) is 0 Å². The standard InChI is InChI=1S/C20H19NO5/c1-13(2)6-7-15-10-16(20(24)12-19(15)23)8-9-18(22)14-4-3-5-17(11-14)21(25)26/h3-6,8-12,23-24H,7H2,1-2H3/b9-8+. The highest BCUT2D eigenvalue weighted by Crippen LogP contribution is 2.29. The van der Waals surface area contributed by atoms with E-state index in [0.717, 1.165) is 5.57 Å². The summed E-state index contributed by atoms with van der Waals surface area (Å²) in [6.07, 6.45) is 5.08. The quantitative estimate of drug-likeness (QED) is 0.263. The van der Waals surface area contributed by atoms with Crippen LogP contribution in [0.1, 0.15) is 35.3 Å². The van der Waals surface area contributed by atoms with Gasteiger partial charge < -0.3 is 10.2 Å². The number of nitro benzene ring substituents is 1. The van der Waals surface area contributed by atoms with Crippen LogP contribution in [0.3, 0.4) is 0 Å². The van der Waals surface area contributed by atoms with Gasteiger partial charge in [-0.15, -0.1) is 0 Å². The van der Waals surface area contributed by atoms with Crippen LogP contribution in [0.25, 0.3) is 6.08 Å². The average Bonchev–Trinajstić information content (AvgIpc) is 2.59. The van der Waals surface area contributed by atoms with Gasteiger partial charge in [-0.25, -0.2) is 0 Å². The SMILES string of the molecule is CC(C)=CCc1cc(/C=C/C(=O)c2cccc([N+](=O)[O-])c2)c(O)cc1O. The molecule has 0 fully saturated rings. The summed E-state index contributed by atoms with van der Waals surface area (Å²) >= 11 is 0. The van der Waals surface area contributed by atoms with Crippen molar-refractivity contribution in [1.29, 1.82) is 0 Å². The zero-order chi connectivity index (χ0) is 19.3. The molecule has 0 bridgehead atoms. The first-order valence-corrected chi connectivity index (χ1v) is 7.93. The molecule has 2 aromatic rings. The largest absolute Gasteiger partial charge is 0.508 e. The number of nitrogens with zero attached hydrogens (tertiary/aromatic N) is 1. The minimum absolute atomic E-state index is 0.0258. The van der Waals surface area contributed by atoms with Crippen LogP contribution in [0, 0.1) is 10.1 Å². The maximum absolute atomic E-state index is 12.2. The Kier molecular flexibility index (Phi) is 5.90. The van der Waals surface area contributed by atoms with Crippen LogP contribution in [0.15, 0.2) is 54.1 Å². The van der Waals surface area contributed by atoms with E-state index in [1.165, 1.54) is 42.5 Å². The molecule has 0 radical (unpaired) electrons. The second-order valence-electron chi connectivity index (χ2n) is 6.03. The van der Waals surface area contributed by atoms with Crippen LogP contribution >= 0.6 is 0 Å². The molecule has 6 heteroatoms. The van der Waals surface area contributed by atoms with E-state index in [1.54, 1.807) is 6.07 Å². The second-order valence-corrected chi connectivity index (χ2v) is 6.03.